The number of nitrogen functional groups attached to an aromatic ring is 1. The van der Waals surface area contributed by atoms with Crippen LogP contribution < -0.4 is 5.73 Å². The van der Waals surface area contributed by atoms with Gasteiger partial charge in [-0.3, -0.25) is 14.6 Å². The zero-order chi connectivity index (χ0) is 20.1. The molecule has 1 aromatic carbocycles. The van der Waals surface area contributed by atoms with Crippen molar-refractivity contribution in [1.82, 2.24) is 19.8 Å². The Morgan fingerprint density at radius 3 is 2.54 bits per heavy atom. The second kappa shape index (κ2) is 8.82. The summed E-state index contributed by atoms with van der Waals surface area (Å²) in [5.74, 6) is 0.356. The van der Waals surface area contributed by atoms with E-state index in [9.17, 15) is 9.59 Å². The van der Waals surface area contributed by atoms with E-state index in [2.05, 4.69) is 9.97 Å². The third kappa shape index (κ3) is 4.30. The summed E-state index contributed by atoms with van der Waals surface area (Å²) in [6, 6.07) is 7.27. The number of carbonyl (C=O) groups excluding carboxylic acids is 2. The molecule has 7 heteroatoms. The molecule has 1 aliphatic rings. The van der Waals surface area contributed by atoms with Gasteiger partial charge in [0.1, 0.15) is 5.82 Å². The second-order valence-electron chi connectivity index (χ2n) is 7.01. The van der Waals surface area contributed by atoms with Crippen LogP contribution in [0.5, 0.6) is 0 Å². The molecule has 1 atom stereocenters. The van der Waals surface area contributed by atoms with Gasteiger partial charge in [0.25, 0.3) is 5.91 Å². The summed E-state index contributed by atoms with van der Waals surface area (Å²) in [5.41, 5.74) is 7.81. The lowest BCUT2D eigenvalue weighted by molar-refractivity contribution is -0.136. The van der Waals surface area contributed by atoms with Gasteiger partial charge >= 0.3 is 0 Å². The van der Waals surface area contributed by atoms with Crippen LogP contribution in [0.25, 0.3) is 11.3 Å². The van der Waals surface area contributed by atoms with Crippen LogP contribution >= 0.6 is 0 Å². The molecule has 0 spiro atoms. The number of carbonyl (C=O) groups is 2. The zero-order valence-electron chi connectivity index (χ0n) is 16.5. The third-order valence-electron chi connectivity index (χ3n) is 5.21. The van der Waals surface area contributed by atoms with E-state index in [1.165, 1.54) is 6.20 Å². The van der Waals surface area contributed by atoms with Gasteiger partial charge in [0.15, 0.2) is 0 Å². The Bertz CT molecular complexity index is 833. The average Bonchev–Trinajstić information content (AvgIpc) is 2.74. The normalized spacial score (nSPS) is 16.6. The fourth-order valence-electron chi connectivity index (χ4n) is 3.64. The van der Waals surface area contributed by atoms with E-state index in [0.717, 1.165) is 18.4 Å². The lowest BCUT2D eigenvalue weighted by Crippen LogP contribution is -2.46. The molecule has 7 nitrogen and oxygen atoms in total. The van der Waals surface area contributed by atoms with Crippen molar-refractivity contribution in [3.8, 4) is 11.3 Å². The van der Waals surface area contributed by atoms with Gasteiger partial charge in [-0.1, -0.05) is 12.1 Å². The fourth-order valence-corrected chi connectivity index (χ4v) is 3.64. The Labute approximate surface area is 165 Å². The summed E-state index contributed by atoms with van der Waals surface area (Å²) in [5, 5.41) is 0. The molecule has 2 heterocycles. The minimum atomic E-state index is -0.112. The Morgan fingerprint density at radius 2 is 1.89 bits per heavy atom. The van der Waals surface area contributed by atoms with E-state index in [-0.39, 0.29) is 17.7 Å². The first-order chi connectivity index (χ1) is 13.5. The van der Waals surface area contributed by atoms with Gasteiger partial charge in [-0.05, 0) is 38.8 Å². The van der Waals surface area contributed by atoms with E-state index in [1.807, 2.05) is 30.9 Å². The summed E-state index contributed by atoms with van der Waals surface area (Å²) in [6.45, 7) is 6.54. The smallest absolute Gasteiger partial charge is 0.253 e. The van der Waals surface area contributed by atoms with Crippen molar-refractivity contribution in [3.05, 3.63) is 42.2 Å². The molecule has 1 unspecified atom stereocenters. The van der Waals surface area contributed by atoms with Crippen molar-refractivity contribution < 1.29 is 9.59 Å². The second-order valence-corrected chi connectivity index (χ2v) is 7.01. The van der Waals surface area contributed by atoms with Crippen LogP contribution in [0.15, 0.2) is 36.7 Å². The Kier molecular flexibility index (Phi) is 6.23. The van der Waals surface area contributed by atoms with Crippen LogP contribution in [0.3, 0.4) is 0 Å². The first kappa shape index (κ1) is 19.8. The average molecular weight is 381 g/mol. The number of benzene rings is 1. The maximum Gasteiger partial charge on any atom is 0.253 e. The van der Waals surface area contributed by atoms with Gasteiger partial charge in [-0.25, -0.2) is 4.98 Å². The lowest BCUT2D eigenvalue weighted by atomic mass is 9.95. The molecule has 1 fully saturated rings. The van der Waals surface area contributed by atoms with Crippen LogP contribution in [0.4, 0.5) is 5.82 Å². The van der Waals surface area contributed by atoms with Gasteiger partial charge in [0.2, 0.25) is 5.91 Å². The Morgan fingerprint density at radius 1 is 1.18 bits per heavy atom. The lowest BCUT2D eigenvalue weighted by Gasteiger charge is -2.34. The molecular weight excluding hydrogens is 354 g/mol. The van der Waals surface area contributed by atoms with E-state index in [4.69, 9.17) is 5.73 Å². The molecule has 2 aromatic rings. The number of nitrogens with zero attached hydrogens (tertiary/aromatic N) is 4. The molecular formula is C21H27N5O2. The Hall–Kier alpha value is -2.96. The molecule has 1 saturated heterocycles. The maximum absolute atomic E-state index is 12.9. The molecule has 3 rings (SSSR count). The highest BCUT2D eigenvalue weighted by Gasteiger charge is 2.30. The highest BCUT2D eigenvalue weighted by atomic mass is 16.2. The number of rotatable bonds is 5. The highest BCUT2D eigenvalue weighted by molar-refractivity contribution is 5.95. The first-order valence-electron chi connectivity index (χ1n) is 9.79. The van der Waals surface area contributed by atoms with Crippen molar-refractivity contribution in [2.45, 2.75) is 26.7 Å². The van der Waals surface area contributed by atoms with Crippen LogP contribution in [-0.4, -0.2) is 57.8 Å². The number of piperidine rings is 1. The van der Waals surface area contributed by atoms with Crippen molar-refractivity contribution in [2.24, 2.45) is 5.92 Å². The predicted molar refractivity (Wildman–Crippen MR) is 108 cm³/mol. The molecule has 0 saturated carbocycles. The molecule has 2 N–H and O–H groups in total. The maximum atomic E-state index is 12.9. The number of hydrogen-bond acceptors (Lipinski definition) is 5. The number of anilines is 1. The van der Waals surface area contributed by atoms with Gasteiger partial charge in [0, 0.05) is 37.3 Å². The molecule has 0 aliphatic carbocycles. The summed E-state index contributed by atoms with van der Waals surface area (Å²) in [7, 11) is 0. The summed E-state index contributed by atoms with van der Waals surface area (Å²) < 4.78 is 0. The molecule has 0 radical (unpaired) electrons. The van der Waals surface area contributed by atoms with Gasteiger partial charge in [0.05, 0.1) is 24.0 Å². The highest BCUT2D eigenvalue weighted by Crippen LogP contribution is 2.22. The number of likely N-dealkylation sites (tertiary alicyclic amines) is 1. The SMILES string of the molecule is CCN(CC)C(=O)C1CCCN(C(=O)c2ccc(-c3cncc(N)n3)cc2)C1. The van der Waals surface area contributed by atoms with Crippen molar-refractivity contribution in [2.75, 3.05) is 31.9 Å². The molecule has 1 aromatic heterocycles. The largest absolute Gasteiger partial charge is 0.382 e. The van der Waals surface area contributed by atoms with Gasteiger partial charge in [-0.2, -0.15) is 0 Å². The van der Waals surface area contributed by atoms with E-state index in [0.29, 0.717) is 43.3 Å². The fraction of sp³-hybridized carbons (Fsp3) is 0.429. The number of aromatic nitrogens is 2. The first-order valence-corrected chi connectivity index (χ1v) is 9.79. The molecule has 28 heavy (non-hydrogen) atoms. The molecule has 1 aliphatic heterocycles. The molecule has 2 amide bonds. The third-order valence-corrected chi connectivity index (χ3v) is 5.21. The number of amides is 2. The molecule has 0 bridgehead atoms. The standard InChI is InChI=1S/C21H27N5O2/c1-3-25(4-2)21(28)17-6-5-11-26(14-17)20(27)16-9-7-15(8-10-16)18-12-23-13-19(22)24-18/h7-10,12-13,17H,3-6,11,14H2,1-2H3,(H2,22,24). The zero-order valence-corrected chi connectivity index (χ0v) is 16.5. The van der Waals surface area contributed by atoms with Crippen LogP contribution in [-0.2, 0) is 4.79 Å². The van der Waals surface area contributed by atoms with Crippen molar-refractivity contribution in [3.63, 3.8) is 0 Å². The van der Waals surface area contributed by atoms with Gasteiger partial charge < -0.3 is 15.5 Å². The van der Waals surface area contributed by atoms with E-state index >= 15 is 0 Å². The molecule has 148 valence electrons. The number of hydrogen-bond donors (Lipinski definition) is 1. The van der Waals surface area contributed by atoms with Crippen molar-refractivity contribution >= 4 is 17.6 Å². The topological polar surface area (TPSA) is 92.4 Å². The monoisotopic (exact) mass is 381 g/mol. The minimum Gasteiger partial charge on any atom is -0.382 e. The number of nitrogens with two attached hydrogens (primary N) is 1. The van der Waals surface area contributed by atoms with Gasteiger partial charge in [-0.15, -0.1) is 0 Å². The quantitative estimate of drug-likeness (QED) is 0.859. The van der Waals surface area contributed by atoms with Crippen LogP contribution in [0, 0.1) is 5.92 Å². The Balaban J connectivity index is 1.70. The summed E-state index contributed by atoms with van der Waals surface area (Å²) in [4.78, 5) is 37.5. The van der Waals surface area contributed by atoms with E-state index < -0.39 is 0 Å². The predicted octanol–water partition coefficient (Wildman–Crippen LogP) is 2.45. The van der Waals surface area contributed by atoms with Crippen LogP contribution in [0.1, 0.15) is 37.0 Å². The van der Waals surface area contributed by atoms with E-state index in [1.54, 1.807) is 23.2 Å². The summed E-state index contributed by atoms with van der Waals surface area (Å²) in [6.07, 6.45) is 4.82. The minimum absolute atomic E-state index is 0.0396. The van der Waals surface area contributed by atoms with Crippen LogP contribution in [0.2, 0.25) is 0 Å². The van der Waals surface area contributed by atoms with Crippen molar-refractivity contribution in [1.29, 1.82) is 0 Å². The summed E-state index contributed by atoms with van der Waals surface area (Å²) >= 11 is 0.